The number of esters is 1. The molecule has 0 heterocycles. The predicted octanol–water partition coefficient (Wildman–Crippen LogP) is 3.07. The topological polar surface area (TPSA) is 38.3 Å². The highest BCUT2D eigenvalue weighted by atomic mass is 16.5. The zero-order valence-corrected chi connectivity index (χ0v) is 11.5. The second-order valence-electron chi connectivity index (χ2n) is 4.52. The van der Waals surface area contributed by atoms with Crippen molar-refractivity contribution in [3.05, 3.63) is 35.9 Å². The molecule has 3 heteroatoms. The first-order chi connectivity index (χ1) is 8.69. The van der Waals surface area contributed by atoms with Gasteiger partial charge >= 0.3 is 5.97 Å². The minimum absolute atomic E-state index is 0.209. The number of unbranched alkanes of at least 4 members (excludes halogenated alkanes) is 1. The average Bonchev–Trinajstić information content (AvgIpc) is 2.43. The molecule has 1 N–H and O–H groups in total. The summed E-state index contributed by atoms with van der Waals surface area (Å²) in [6.07, 6.45) is 3.32. The minimum Gasteiger partial charge on any atom is -0.468 e. The molecular formula is C15H23NO2. The lowest BCUT2D eigenvalue weighted by molar-refractivity contribution is -0.142. The molecule has 3 nitrogen and oxygen atoms in total. The van der Waals surface area contributed by atoms with E-state index in [-0.39, 0.29) is 18.1 Å². The van der Waals surface area contributed by atoms with Crippen LogP contribution in [-0.2, 0) is 9.53 Å². The van der Waals surface area contributed by atoms with Crippen molar-refractivity contribution in [1.82, 2.24) is 5.32 Å². The van der Waals surface area contributed by atoms with E-state index in [1.54, 1.807) is 0 Å². The Morgan fingerprint density at radius 2 is 2.00 bits per heavy atom. The van der Waals surface area contributed by atoms with E-state index < -0.39 is 0 Å². The molecule has 0 aliphatic rings. The van der Waals surface area contributed by atoms with Crippen LogP contribution >= 0.6 is 0 Å². The second kappa shape index (κ2) is 7.88. The molecule has 2 unspecified atom stereocenters. The van der Waals surface area contributed by atoms with E-state index in [0.717, 1.165) is 19.3 Å². The van der Waals surface area contributed by atoms with Gasteiger partial charge in [-0.1, -0.05) is 50.1 Å². The number of rotatable bonds is 7. The maximum Gasteiger partial charge on any atom is 0.322 e. The molecule has 0 radical (unpaired) electrons. The van der Waals surface area contributed by atoms with Gasteiger partial charge in [0.2, 0.25) is 0 Å². The Hall–Kier alpha value is -1.35. The summed E-state index contributed by atoms with van der Waals surface area (Å²) in [5, 5.41) is 3.34. The van der Waals surface area contributed by atoms with Crippen molar-refractivity contribution >= 4 is 5.97 Å². The van der Waals surface area contributed by atoms with Crippen molar-refractivity contribution in [2.45, 2.75) is 45.2 Å². The highest BCUT2D eigenvalue weighted by molar-refractivity contribution is 5.75. The molecule has 1 aromatic rings. The number of hydrogen-bond acceptors (Lipinski definition) is 3. The van der Waals surface area contributed by atoms with Crippen LogP contribution in [0.15, 0.2) is 30.3 Å². The summed E-state index contributed by atoms with van der Waals surface area (Å²) in [5.74, 6) is -0.215. The summed E-state index contributed by atoms with van der Waals surface area (Å²) < 4.78 is 4.75. The number of hydrogen-bond donors (Lipinski definition) is 1. The Labute approximate surface area is 110 Å². The number of carbonyl (C=O) groups is 1. The van der Waals surface area contributed by atoms with Crippen molar-refractivity contribution in [2.75, 3.05) is 7.11 Å². The Balaban J connectivity index is 2.70. The molecule has 2 atom stereocenters. The first kappa shape index (κ1) is 14.7. The van der Waals surface area contributed by atoms with Gasteiger partial charge in [0.15, 0.2) is 0 Å². The number of benzene rings is 1. The highest BCUT2D eigenvalue weighted by Gasteiger charge is 2.18. The summed E-state index contributed by atoms with van der Waals surface area (Å²) in [5.41, 5.74) is 1.22. The number of ether oxygens (including phenoxy) is 1. The molecule has 18 heavy (non-hydrogen) atoms. The first-order valence-corrected chi connectivity index (χ1v) is 6.57. The molecule has 0 aromatic heterocycles. The average molecular weight is 249 g/mol. The third-order valence-corrected chi connectivity index (χ3v) is 3.05. The highest BCUT2D eigenvalue weighted by Crippen LogP contribution is 2.19. The van der Waals surface area contributed by atoms with Crippen LogP contribution in [0.2, 0.25) is 0 Å². The van der Waals surface area contributed by atoms with Crippen molar-refractivity contribution < 1.29 is 9.53 Å². The molecule has 0 aliphatic heterocycles. The summed E-state index contributed by atoms with van der Waals surface area (Å²) in [7, 11) is 1.42. The van der Waals surface area contributed by atoms with Crippen LogP contribution in [0.1, 0.15) is 44.7 Å². The van der Waals surface area contributed by atoms with E-state index in [4.69, 9.17) is 4.74 Å². The van der Waals surface area contributed by atoms with E-state index in [0.29, 0.717) is 0 Å². The third kappa shape index (κ3) is 4.49. The Bertz CT molecular complexity index is 351. The second-order valence-corrected chi connectivity index (χ2v) is 4.52. The fourth-order valence-electron chi connectivity index (χ4n) is 1.99. The zero-order chi connectivity index (χ0) is 13.4. The smallest absolute Gasteiger partial charge is 0.322 e. The Morgan fingerprint density at radius 1 is 1.33 bits per heavy atom. The van der Waals surface area contributed by atoms with Gasteiger partial charge in [-0.15, -0.1) is 0 Å². The van der Waals surface area contributed by atoms with Crippen LogP contribution < -0.4 is 5.32 Å². The van der Waals surface area contributed by atoms with Gasteiger partial charge in [-0.2, -0.15) is 0 Å². The van der Waals surface area contributed by atoms with Gasteiger partial charge in [0.1, 0.15) is 6.04 Å². The number of nitrogens with one attached hydrogen (secondary N) is 1. The van der Waals surface area contributed by atoms with Crippen LogP contribution in [0.4, 0.5) is 0 Å². The molecule has 0 saturated heterocycles. The molecule has 100 valence electrons. The monoisotopic (exact) mass is 249 g/mol. The third-order valence-electron chi connectivity index (χ3n) is 3.05. The van der Waals surface area contributed by atoms with Gasteiger partial charge in [0, 0.05) is 6.04 Å². The van der Waals surface area contributed by atoms with Crippen LogP contribution in [0, 0.1) is 0 Å². The molecule has 0 aliphatic carbocycles. The number of methoxy groups -OCH3 is 1. The summed E-state index contributed by atoms with van der Waals surface area (Å²) in [6.45, 7) is 4.01. The minimum atomic E-state index is -0.280. The lowest BCUT2D eigenvalue weighted by Gasteiger charge is -2.22. The maximum absolute atomic E-state index is 11.5. The standard InChI is InChI=1S/C15H23NO2/c1-4-5-11-14(13-9-7-6-8-10-13)16-12(2)15(17)18-3/h6-10,12,14,16H,4-5,11H2,1-3H3. The van der Waals surface area contributed by atoms with Crippen LogP contribution in [0.3, 0.4) is 0 Å². The van der Waals surface area contributed by atoms with Crippen LogP contribution in [-0.4, -0.2) is 19.1 Å². The molecule has 1 aromatic carbocycles. The van der Waals surface area contributed by atoms with Crippen molar-refractivity contribution in [3.63, 3.8) is 0 Å². The van der Waals surface area contributed by atoms with Crippen LogP contribution in [0.25, 0.3) is 0 Å². The quantitative estimate of drug-likeness (QED) is 0.755. The van der Waals surface area contributed by atoms with Gasteiger partial charge in [-0.3, -0.25) is 10.1 Å². The lowest BCUT2D eigenvalue weighted by Crippen LogP contribution is -2.37. The molecule has 0 saturated carbocycles. The summed E-state index contributed by atoms with van der Waals surface area (Å²) in [4.78, 5) is 11.5. The van der Waals surface area contributed by atoms with E-state index in [1.807, 2.05) is 25.1 Å². The molecule has 0 bridgehead atoms. The fourth-order valence-corrected chi connectivity index (χ4v) is 1.99. The molecule has 1 rings (SSSR count). The Kier molecular flexibility index (Phi) is 6.44. The van der Waals surface area contributed by atoms with Crippen molar-refractivity contribution in [3.8, 4) is 0 Å². The van der Waals surface area contributed by atoms with E-state index >= 15 is 0 Å². The summed E-state index contributed by atoms with van der Waals surface area (Å²) in [6, 6.07) is 10.2. The van der Waals surface area contributed by atoms with Gasteiger partial charge in [0.25, 0.3) is 0 Å². The largest absolute Gasteiger partial charge is 0.468 e. The predicted molar refractivity (Wildman–Crippen MR) is 73.3 cm³/mol. The van der Waals surface area contributed by atoms with Crippen LogP contribution in [0.5, 0.6) is 0 Å². The summed E-state index contributed by atoms with van der Waals surface area (Å²) >= 11 is 0. The van der Waals surface area contributed by atoms with Crippen molar-refractivity contribution in [1.29, 1.82) is 0 Å². The molecule has 0 fully saturated rings. The van der Waals surface area contributed by atoms with E-state index in [9.17, 15) is 4.79 Å². The zero-order valence-electron chi connectivity index (χ0n) is 11.5. The molecular weight excluding hydrogens is 226 g/mol. The maximum atomic E-state index is 11.5. The number of carbonyl (C=O) groups excluding carboxylic acids is 1. The fraction of sp³-hybridized carbons (Fsp3) is 0.533. The van der Waals surface area contributed by atoms with Gasteiger partial charge < -0.3 is 4.74 Å². The van der Waals surface area contributed by atoms with E-state index in [2.05, 4.69) is 24.4 Å². The van der Waals surface area contributed by atoms with Gasteiger partial charge in [-0.05, 0) is 18.9 Å². The van der Waals surface area contributed by atoms with E-state index in [1.165, 1.54) is 12.7 Å². The molecule has 0 amide bonds. The van der Waals surface area contributed by atoms with Gasteiger partial charge in [0.05, 0.1) is 7.11 Å². The normalized spacial score (nSPS) is 13.9. The SMILES string of the molecule is CCCCC(NC(C)C(=O)OC)c1ccccc1. The first-order valence-electron chi connectivity index (χ1n) is 6.57. The Morgan fingerprint density at radius 3 is 2.56 bits per heavy atom. The lowest BCUT2D eigenvalue weighted by atomic mass is 10.0. The van der Waals surface area contributed by atoms with Gasteiger partial charge in [-0.25, -0.2) is 0 Å². The molecule has 0 spiro atoms. The van der Waals surface area contributed by atoms with Crippen molar-refractivity contribution in [2.24, 2.45) is 0 Å².